The van der Waals surface area contributed by atoms with Gasteiger partial charge in [-0.1, -0.05) is 0 Å². The van der Waals surface area contributed by atoms with Gasteiger partial charge >= 0.3 is 0 Å². The van der Waals surface area contributed by atoms with Crippen LogP contribution >= 0.6 is 12.2 Å². The number of nitrogens with zero attached hydrogens (tertiary/aromatic N) is 1. The van der Waals surface area contributed by atoms with E-state index >= 15 is 0 Å². The number of ether oxygens (including phenoxy) is 1. The molecule has 2 heterocycles. The fourth-order valence-electron chi connectivity index (χ4n) is 1.80. The summed E-state index contributed by atoms with van der Waals surface area (Å²) in [7, 11) is 0. The summed E-state index contributed by atoms with van der Waals surface area (Å²) in [5.74, 6) is 0. The number of aromatic nitrogens is 2. The van der Waals surface area contributed by atoms with Crippen molar-refractivity contribution in [3.05, 3.63) is 27.4 Å². The standard InChI is InChI=1S/C9H13N3O4S/c10-6-7(15)4(3-13)16-8(6)12-2-1-5(14)11-9(12)17/h1-2,4,6-8,13,15H,3,10H2,(H,11,14,17)/t4-,6-,7-,8-/m1/s1. The van der Waals surface area contributed by atoms with E-state index in [0.717, 1.165) is 0 Å². The third-order valence-corrected chi connectivity index (χ3v) is 3.04. The molecule has 1 aliphatic rings. The molecule has 0 aromatic carbocycles. The fraction of sp³-hybridized carbons (Fsp3) is 0.556. The van der Waals surface area contributed by atoms with Gasteiger partial charge in [0.1, 0.15) is 12.2 Å². The highest BCUT2D eigenvalue weighted by molar-refractivity contribution is 7.71. The predicted octanol–water partition coefficient (Wildman–Crippen LogP) is -1.52. The molecular formula is C9H13N3O4S. The van der Waals surface area contributed by atoms with Crippen LogP contribution in [0.1, 0.15) is 6.23 Å². The number of nitrogens with one attached hydrogen (secondary N) is 1. The molecule has 0 radical (unpaired) electrons. The Morgan fingerprint density at radius 1 is 1.65 bits per heavy atom. The van der Waals surface area contributed by atoms with Gasteiger partial charge in [-0.15, -0.1) is 0 Å². The molecule has 4 atom stereocenters. The monoisotopic (exact) mass is 259 g/mol. The van der Waals surface area contributed by atoms with E-state index in [2.05, 4.69) is 4.98 Å². The molecule has 7 nitrogen and oxygen atoms in total. The lowest BCUT2D eigenvalue weighted by atomic mass is 10.1. The highest BCUT2D eigenvalue weighted by atomic mass is 32.1. The van der Waals surface area contributed by atoms with Crippen LogP contribution in [0, 0.1) is 4.77 Å². The molecule has 0 spiro atoms. The Labute approximate surface area is 101 Å². The Morgan fingerprint density at radius 2 is 2.35 bits per heavy atom. The van der Waals surface area contributed by atoms with Crippen LogP contribution in [0.5, 0.6) is 0 Å². The van der Waals surface area contributed by atoms with E-state index in [-0.39, 0.29) is 16.9 Å². The summed E-state index contributed by atoms with van der Waals surface area (Å²) in [6, 6.07) is 0.564. The van der Waals surface area contributed by atoms with Crippen LogP contribution in [0.3, 0.4) is 0 Å². The highest BCUT2D eigenvalue weighted by Crippen LogP contribution is 2.27. The van der Waals surface area contributed by atoms with Crippen LogP contribution in [0.2, 0.25) is 0 Å². The number of hydrogen-bond acceptors (Lipinski definition) is 6. The van der Waals surface area contributed by atoms with Crippen molar-refractivity contribution in [1.29, 1.82) is 0 Å². The number of nitrogens with two attached hydrogens (primary N) is 1. The maximum atomic E-state index is 11.0. The summed E-state index contributed by atoms with van der Waals surface area (Å²) in [6.45, 7) is -0.331. The average molecular weight is 259 g/mol. The van der Waals surface area contributed by atoms with Crippen molar-refractivity contribution >= 4 is 12.2 Å². The van der Waals surface area contributed by atoms with Crippen molar-refractivity contribution in [2.24, 2.45) is 5.73 Å². The molecule has 8 heteroatoms. The first kappa shape index (κ1) is 12.4. The van der Waals surface area contributed by atoms with Gasteiger partial charge in [-0.3, -0.25) is 14.3 Å². The minimum absolute atomic E-state index is 0.156. The van der Waals surface area contributed by atoms with Crippen molar-refractivity contribution in [3.63, 3.8) is 0 Å². The van der Waals surface area contributed by atoms with Crippen molar-refractivity contribution in [2.75, 3.05) is 6.61 Å². The molecule has 94 valence electrons. The van der Waals surface area contributed by atoms with Gasteiger partial charge in [0.2, 0.25) is 0 Å². The topological polar surface area (TPSA) is 114 Å². The van der Waals surface area contributed by atoms with Gasteiger partial charge in [0.05, 0.1) is 12.6 Å². The molecule has 17 heavy (non-hydrogen) atoms. The first-order valence-corrected chi connectivity index (χ1v) is 5.47. The summed E-state index contributed by atoms with van der Waals surface area (Å²) in [5.41, 5.74) is 5.46. The van der Waals surface area contributed by atoms with Crippen LogP contribution in [-0.4, -0.2) is 44.6 Å². The van der Waals surface area contributed by atoms with Gasteiger partial charge in [0.15, 0.2) is 11.0 Å². The van der Waals surface area contributed by atoms with Crippen molar-refractivity contribution in [2.45, 2.75) is 24.5 Å². The van der Waals surface area contributed by atoms with E-state index < -0.39 is 24.5 Å². The first-order chi connectivity index (χ1) is 8.04. The van der Waals surface area contributed by atoms with E-state index in [4.69, 9.17) is 27.8 Å². The van der Waals surface area contributed by atoms with Gasteiger partial charge in [0, 0.05) is 12.3 Å². The lowest BCUT2D eigenvalue weighted by Gasteiger charge is -2.18. The molecule has 0 aliphatic carbocycles. The number of H-pyrrole nitrogens is 1. The Morgan fingerprint density at radius 3 is 2.88 bits per heavy atom. The van der Waals surface area contributed by atoms with E-state index in [1.165, 1.54) is 16.8 Å². The second-order valence-corrected chi connectivity index (χ2v) is 4.22. The molecular weight excluding hydrogens is 246 g/mol. The molecule has 5 N–H and O–H groups in total. The first-order valence-electron chi connectivity index (χ1n) is 5.06. The lowest BCUT2D eigenvalue weighted by molar-refractivity contribution is -0.0458. The largest absolute Gasteiger partial charge is 0.394 e. The van der Waals surface area contributed by atoms with Crippen molar-refractivity contribution < 1.29 is 14.9 Å². The zero-order chi connectivity index (χ0) is 12.6. The van der Waals surface area contributed by atoms with Crippen LogP contribution < -0.4 is 11.3 Å². The summed E-state index contributed by atoms with van der Waals surface area (Å²) in [6.07, 6.45) is -0.979. The number of aliphatic hydroxyl groups excluding tert-OH is 2. The van der Waals surface area contributed by atoms with Crippen LogP contribution in [-0.2, 0) is 4.74 Å². The second-order valence-electron chi connectivity index (χ2n) is 3.83. The summed E-state index contributed by atoms with van der Waals surface area (Å²) in [4.78, 5) is 13.5. The molecule has 0 amide bonds. The van der Waals surface area contributed by atoms with Gasteiger partial charge in [-0.25, -0.2) is 0 Å². The van der Waals surface area contributed by atoms with Crippen molar-refractivity contribution in [1.82, 2.24) is 9.55 Å². The molecule has 1 fully saturated rings. The number of aromatic amines is 1. The van der Waals surface area contributed by atoms with Crippen molar-refractivity contribution in [3.8, 4) is 0 Å². The molecule has 2 rings (SSSR count). The molecule has 1 saturated heterocycles. The molecule has 1 aliphatic heterocycles. The van der Waals surface area contributed by atoms with Gasteiger partial charge < -0.3 is 20.7 Å². The number of rotatable bonds is 2. The molecule has 0 bridgehead atoms. The molecule has 0 saturated carbocycles. The van der Waals surface area contributed by atoms with Gasteiger partial charge in [0.25, 0.3) is 5.56 Å². The van der Waals surface area contributed by atoms with E-state index in [1.807, 2.05) is 0 Å². The third-order valence-electron chi connectivity index (χ3n) is 2.72. The van der Waals surface area contributed by atoms with Crippen LogP contribution in [0.4, 0.5) is 0 Å². The predicted molar refractivity (Wildman–Crippen MR) is 60.9 cm³/mol. The van der Waals surface area contributed by atoms with Gasteiger partial charge in [-0.2, -0.15) is 0 Å². The third kappa shape index (κ3) is 2.17. The highest BCUT2D eigenvalue weighted by Gasteiger charge is 2.42. The number of aliphatic hydroxyl groups is 2. The second kappa shape index (κ2) is 4.67. The quantitative estimate of drug-likeness (QED) is 0.480. The molecule has 0 unspecified atom stereocenters. The normalized spacial score (nSPS) is 32.9. The minimum atomic E-state index is -0.973. The molecule has 1 aromatic rings. The zero-order valence-electron chi connectivity index (χ0n) is 8.81. The summed E-state index contributed by atoms with van der Waals surface area (Å²) < 4.78 is 6.99. The Hall–Kier alpha value is -1.06. The average Bonchev–Trinajstić information content (AvgIpc) is 2.57. The Kier molecular flexibility index (Phi) is 3.40. The van der Waals surface area contributed by atoms with E-state index in [9.17, 15) is 9.90 Å². The maximum absolute atomic E-state index is 11.0. The minimum Gasteiger partial charge on any atom is -0.394 e. The molecule has 1 aromatic heterocycles. The smallest absolute Gasteiger partial charge is 0.251 e. The summed E-state index contributed by atoms with van der Waals surface area (Å²) in [5, 5.41) is 18.7. The zero-order valence-corrected chi connectivity index (χ0v) is 9.63. The van der Waals surface area contributed by atoms with Crippen LogP contribution in [0.25, 0.3) is 0 Å². The SMILES string of the molecule is N[C@@H]1[C@H](O)[C@@H](CO)O[C@H]1n1ccc(=O)[nH]c1=S. The lowest BCUT2D eigenvalue weighted by Crippen LogP contribution is -2.40. The maximum Gasteiger partial charge on any atom is 0.251 e. The van der Waals surface area contributed by atoms with E-state index in [0.29, 0.717) is 0 Å². The Balaban J connectivity index is 2.35. The fourth-order valence-corrected chi connectivity index (χ4v) is 2.06. The number of hydrogen-bond donors (Lipinski definition) is 4. The van der Waals surface area contributed by atoms with Crippen LogP contribution in [0.15, 0.2) is 17.1 Å². The van der Waals surface area contributed by atoms with Gasteiger partial charge in [-0.05, 0) is 12.2 Å². The summed E-state index contributed by atoms with van der Waals surface area (Å²) >= 11 is 4.97. The van der Waals surface area contributed by atoms with E-state index in [1.54, 1.807) is 0 Å². The Bertz CT molecular complexity index is 513.